The third-order valence-corrected chi connectivity index (χ3v) is 3.95. The number of amides is 2. The maximum Gasteiger partial charge on any atom is 0.243 e. The van der Waals surface area contributed by atoms with Crippen molar-refractivity contribution in [3.63, 3.8) is 0 Å². The molecule has 1 saturated heterocycles. The summed E-state index contributed by atoms with van der Waals surface area (Å²) in [5.74, 6) is 0.245. The van der Waals surface area contributed by atoms with Crippen LogP contribution in [0.15, 0.2) is 24.3 Å². The Morgan fingerprint density at radius 1 is 1.28 bits per heavy atom. The molecule has 0 aliphatic carbocycles. The number of rotatable bonds is 7. The molecule has 0 aromatic heterocycles. The zero-order chi connectivity index (χ0) is 17.4. The minimum atomic E-state index is -0.604. The van der Waals surface area contributed by atoms with Crippen LogP contribution in [0.25, 0.3) is 0 Å². The van der Waals surface area contributed by atoms with Crippen LogP contribution in [0.3, 0.4) is 0 Å². The smallest absolute Gasteiger partial charge is 0.243 e. The summed E-state index contributed by atoms with van der Waals surface area (Å²) in [5, 5.41) is 5.30. The van der Waals surface area contributed by atoms with E-state index in [9.17, 15) is 9.59 Å². The largest absolute Gasteiger partial charge is 0.494 e. The summed E-state index contributed by atoms with van der Waals surface area (Å²) in [6.07, 6.45) is 1.54. The first-order valence-corrected chi connectivity index (χ1v) is 8.24. The highest BCUT2D eigenvalue weighted by molar-refractivity contribution is 5.95. The average Bonchev–Trinajstić information content (AvgIpc) is 2.61. The van der Waals surface area contributed by atoms with Crippen LogP contribution in [0.4, 0.5) is 5.69 Å². The topological polar surface area (TPSA) is 103 Å². The summed E-state index contributed by atoms with van der Waals surface area (Å²) in [4.78, 5) is 24.0. The highest BCUT2D eigenvalue weighted by atomic mass is 35.5. The molecular formula is C17H26ClN3O4. The Hall–Kier alpha value is -1.83. The van der Waals surface area contributed by atoms with E-state index >= 15 is 0 Å². The molecule has 1 aromatic rings. The fourth-order valence-corrected chi connectivity index (χ4v) is 2.58. The molecule has 7 nitrogen and oxygen atoms in total. The first-order valence-electron chi connectivity index (χ1n) is 8.24. The Bertz CT molecular complexity index is 547. The Morgan fingerprint density at radius 3 is 2.52 bits per heavy atom. The van der Waals surface area contributed by atoms with E-state index in [0.29, 0.717) is 25.5 Å². The number of benzene rings is 1. The van der Waals surface area contributed by atoms with Gasteiger partial charge in [0.2, 0.25) is 11.8 Å². The van der Waals surface area contributed by atoms with Crippen LogP contribution in [-0.4, -0.2) is 44.2 Å². The Morgan fingerprint density at radius 2 is 1.92 bits per heavy atom. The lowest BCUT2D eigenvalue weighted by Gasteiger charge is -2.26. The second-order valence-electron chi connectivity index (χ2n) is 5.70. The SMILES string of the molecule is CCOc1ccc(NC(=O)CNC(=O)C(N)C2CCOCC2)cc1.Cl. The average molecular weight is 372 g/mol. The lowest BCUT2D eigenvalue weighted by Crippen LogP contribution is -2.48. The summed E-state index contributed by atoms with van der Waals surface area (Å²) in [6, 6.07) is 6.45. The lowest BCUT2D eigenvalue weighted by molar-refractivity contribution is -0.126. The molecule has 1 aliphatic heterocycles. The van der Waals surface area contributed by atoms with Crippen molar-refractivity contribution in [2.45, 2.75) is 25.8 Å². The van der Waals surface area contributed by atoms with Crippen LogP contribution < -0.4 is 21.1 Å². The molecule has 2 amide bonds. The van der Waals surface area contributed by atoms with Crippen molar-refractivity contribution in [3.05, 3.63) is 24.3 Å². The van der Waals surface area contributed by atoms with E-state index in [4.69, 9.17) is 15.2 Å². The quantitative estimate of drug-likeness (QED) is 0.670. The minimum absolute atomic E-state index is 0. The number of halogens is 1. The molecular weight excluding hydrogens is 346 g/mol. The van der Waals surface area contributed by atoms with E-state index in [1.165, 1.54) is 0 Å². The minimum Gasteiger partial charge on any atom is -0.494 e. The molecule has 1 heterocycles. The van der Waals surface area contributed by atoms with Gasteiger partial charge in [-0.15, -0.1) is 12.4 Å². The van der Waals surface area contributed by atoms with Gasteiger partial charge in [0.15, 0.2) is 0 Å². The van der Waals surface area contributed by atoms with Crippen molar-refractivity contribution < 1.29 is 19.1 Å². The van der Waals surface area contributed by atoms with Crippen LogP contribution in [-0.2, 0) is 14.3 Å². The molecule has 1 aliphatic rings. The first kappa shape index (κ1) is 21.2. The fourth-order valence-electron chi connectivity index (χ4n) is 2.58. The summed E-state index contributed by atoms with van der Waals surface area (Å²) in [5.41, 5.74) is 6.61. The highest BCUT2D eigenvalue weighted by Crippen LogP contribution is 2.18. The number of carbonyl (C=O) groups is 2. The van der Waals surface area contributed by atoms with Gasteiger partial charge in [-0.25, -0.2) is 0 Å². The number of nitrogens with one attached hydrogen (secondary N) is 2. The zero-order valence-corrected chi connectivity index (χ0v) is 15.1. The molecule has 8 heteroatoms. The third kappa shape index (κ3) is 6.89. The van der Waals surface area contributed by atoms with Gasteiger partial charge in [0.1, 0.15) is 5.75 Å². The molecule has 1 fully saturated rings. The monoisotopic (exact) mass is 371 g/mol. The van der Waals surface area contributed by atoms with E-state index in [1.54, 1.807) is 24.3 Å². The van der Waals surface area contributed by atoms with Crippen molar-refractivity contribution in [2.24, 2.45) is 11.7 Å². The van der Waals surface area contributed by atoms with Gasteiger partial charge in [-0.1, -0.05) is 0 Å². The van der Waals surface area contributed by atoms with Crippen molar-refractivity contribution in [3.8, 4) is 5.75 Å². The van der Waals surface area contributed by atoms with E-state index < -0.39 is 6.04 Å². The number of hydrogen-bond acceptors (Lipinski definition) is 5. The Labute approximate surface area is 154 Å². The van der Waals surface area contributed by atoms with Gasteiger partial charge in [-0.3, -0.25) is 9.59 Å². The third-order valence-electron chi connectivity index (χ3n) is 3.95. The molecule has 1 aromatic carbocycles. The molecule has 0 radical (unpaired) electrons. The van der Waals surface area contributed by atoms with Gasteiger partial charge in [-0.05, 0) is 49.9 Å². The van der Waals surface area contributed by atoms with Gasteiger partial charge < -0.3 is 25.8 Å². The van der Waals surface area contributed by atoms with Crippen molar-refractivity contribution in [1.82, 2.24) is 5.32 Å². The van der Waals surface area contributed by atoms with E-state index in [-0.39, 0.29) is 36.7 Å². The number of nitrogens with two attached hydrogens (primary N) is 1. The summed E-state index contributed by atoms with van der Waals surface area (Å²) >= 11 is 0. The molecule has 1 atom stereocenters. The molecule has 4 N–H and O–H groups in total. The Kier molecular flexibility index (Phi) is 9.26. The van der Waals surface area contributed by atoms with E-state index in [0.717, 1.165) is 18.6 Å². The normalized spacial score (nSPS) is 15.6. The van der Waals surface area contributed by atoms with Crippen LogP contribution in [0, 0.1) is 5.92 Å². The predicted octanol–water partition coefficient (Wildman–Crippen LogP) is 1.32. The molecule has 0 saturated carbocycles. The maximum atomic E-state index is 12.0. The molecule has 2 rings (SSSR count). The van der Waals surface area contributed by atoms with Gasteiger partial charge in [-0.2, -0.15) is 0 Å². The zero-order valence-electron chi connectivity index (χ0n) is 14.3. The lowest BCUT2D eigenvalue weighted by atomic mass is 9.92. The van der Waals surface area contributed by atoms with Crippen molar-refractivity contribution in [1.29, 1.82) is 0 Å². The van der Waals surface area contributed by atoms with Gasteiger partial charge >= 0.3 is 0 Å². The van der Waals surface area contributed by atoms with E-state index in [1.807, 2.05) is 6.92 Å². The first-order chi connectivity index (χ1) is 11.6. The second kappa shape index (κ2) is 10.9. The summed E-state index contributed by atoms with van der Waals surface area (Å²) < 4.78 is 10.6. The predicted molar refractivity (Wildman–Crippen MR) is 98.0 cm³/mol. The van der Waals surface area contributed by atoms with Crippen LogP contribution in [0.1, 0.15) is 19.8 Å². The standard InChI is InChI=1S/C17H25N3O4.ClH/c1-2-24-14-5-3-13(4-6-14)20-15(21)11-19-17(22)16(18)12-7-9-23-10-8-12;/h3-6,12,16H,2,7-11,18H2,1H3,(H,19,22)(H,20,21);1H. The Balaban J connectivity index is 0.00000312. The number of carbonyl (C=O) groups excluding carboxylic acids is 2. The number of hydrogen-bond donors (Lipinski definition) is 3. The van der Waals surface area contributed by atoms with Gasteiger partial charge in [0, 0.05) is 18.9 Å². The molecule has 25 heavy (non-hydrogen) atoms. The molecule has 0 bridgehead atoms. The molecule has 1 unspecified atom stereocenters. The molecule has 140 valence electrons. The summed E-state index contributed by atoms with van der Waals surface area (Å²) in [7, 11) is 0. The number of anilines is 1. The van der Waals surface area contributed by atoms with Gasteiger partial charge in [0.05, 0.1) is 19.2 Å². The van der Waals surface area contributed by atoms with Crippen LogP contribution in [0.5, 0.6) is 5.75 Å². The van der Waals surface area contributed by atoms with Crippen molar-refractivity contribution in [2.75, 3.05) is 31.7 Å². The molecule has 0 spiro atoms. The number of ether oxygens (including phenoxy) is 2. The fraction of sp³-hybridized carbons (Fsp3) is 0.529. The maximum absolute atomic E-state index is 12.0. The van der Waals surface area contributed by atoms with Gasteiger partial charge in [0.25, 0.3) is 0 Å². The highest BCUT2D eigenvalue weighted by Gasteiger charge is 2.26. The van der Waals surface area contributed by atoms with Crippen molar-refractivity contribution >= 4 is 29.9 Å². The van der Waals surface area contributed by atoms with Crippen LogP contribution in [0.2, 0.25) is 0 Å². The summed E-state index contributed by atoms with van der Waals surface area (Å²) in [6.45, 7) is 3.64. The van der Waals surface area contributed by atoms with Crippen LogP contribution >= 0.6 is 12.4 Å². The van der Waals surface area contributed by atoms with E-state index in [2.05, 4.69) is 10.6 Å². The second-order valence-corrected chi connectivity index (χ2v) is 5.70.